The number of nitrogens with zero attached hydrogens (tertiary/aromatic N) is 2. The predicted octanol–water partition coefficient (Wildman–Crippen LogP) is 1.76. The van der Waals surface area contributed by atoms with Gasteiger partial charge in [0, 0.05) is 11.8 Å². The molecule has 58 valence electrons. The van der Waals surface area contributed by atoms with E-state index in [1.165, 1.54) is 12.0 Å². The Morgan fingerprint density at radius 1 is 1.33 bits per heavy atom. The Labute approximate surface area is 68.7 Å². The van der Waals surface area contributed by atoms with Crippen LogP contribution in [0.4, 0.5) is 0 Å². The third-order valence-corrected chi connectivity index (χ3v) is 2.08. The molecule has 3 nitrogen and oxygen atoms in total. The van der Waals surface area contributed by atoms with Gasteiger partial charge in [0.15, 0.2) is 12.0 Å². The monoisotopic (exact) mass is 158 g/mol. The van der Waals surface area contributed by atoms with Crippen molar-refractivity contribution in [3.63, 3.8) is 0 Å². The molecule has 0 aliphatic carbocycles. The van der Waals surface area contributed by atoms with E-state index in [1.54, 1.807) is 0 Å². The van der Waals surface area contributed by atoms with Gasteiger partial charge in [-0.1, -0.05) is 0 Å². The van der Waals surface area contributed by atoms with Crippen LogP contribution < -0.4 is 0 Å². The second kappa shape index (κ2) is 1.94. The minimum Gasteiger partial charge on any atom is -0.443 e. The molecular formula is C9H6N2O. The van der Waals surface area contributed by atoms with Crippen LogP contribution in [0.15, 0.2) is 27.9 Å². The summed E-state index contributed by atoms with van der Waals surface area (Å²) < 4.78 is 5.17. The smallest absolute Gasteiger partial charge is 0.181 e. The Kier molecular flexibility index (Phi) is 0.961. The summed E-state index contributed by atoms with van der Waals surface area (Å²) in [7, 11) is 0. The summed E-state index contributed by atoms with van der Waals surface area (Å²) in [5, 5.41) is 0. The molecule has 2 aromatic rings. The van der Waals surface area contributed by atoms with Gasteiger partial charge in [-0.15, -0.1) is 0 Å². The lowest BCUT2D eigenvalue weighted by Gasteiger charge is -1.94. The highest BCUT2D eigenvalue weighted by Gasteiger charge is 2.09. The Balaban J connectivity index is 2.43. The Morgan fingerprint density at radius 3 is 3.33 bits per heavy atom. The number of aromatic nitrogens is 1. The topological polar surface area (TPSA) is 38.4 Å². The van der Waals surface area contributed by atoms with Crippen LogP contribution in [-0.2, 0) is 6.54 Å². The summed E-state index contributed by atoms with van der Waals surface area (Å²) in [5.74, 6) is 0. The maximum atomic E-state index is 5.17. The van der Waals surface area contributed by atoms with Crippen molar-refractivity contribution >= 4 is 17.3 Å². The average Bonchev–Trinajstić information content (AvgIpc) is 2.64. The van der Waals surface area contributed by atoms with E-state index in [9.17, 15) is 0 Å². The molecule has 0 N–H and O–H groups in total. The number of benzene rings is 1. The third kappa shape index (κ3) is 0.652. The van der Waals surface area contributed by atoms with E-state index in [0.717, 1.165) is 23.2 Å². The van der Waals surface area contributed by atoms with E-state index < -0.39 is 0 Å². The molecule has 0 atom stereocenters. The average molecular weight is 158 g/mol. The maximum absolute atomic E-state index is 5.17. The molecule has 3 heteroatoms. The van der Waals surface area contributed by atoms with Gasteiger partial charge in [-0.2, -0.15) is 0 Å². The highest BCUT2D eigenvalue weighted by atomic mass is 16.3. The van der Waals surface area contributed by atoms with Crippen LogP contribution in [0.2, 0.25) is 0 Å². The number of fused-ring (bicyclic) bond motifs is 2. The Bertz CT molecular complexity index is 470. The van der Waals surface area contributed by atoms with Crippen molar-refractivity contribution < 1.29 is 4.42 Å². The van der Waals surface area contributed by atoms with E-state index >= 15 is 0 Å². The molecule has 3 rings (SSSR count). The first-order valence-electron chi connectivity index (χ1n) is 3.79. The quantitative estimate of drug-likeness (QED) is 0.586. The van der Waals surface area contributed by atoms with Crippen molar-refractivity contribution in [3.05, 3.63) is 29.7 Å². The normalized spacial score (nSPS) is 14.0. The number of oxazole rings is 1. The van der Waals surface area contributed by atoms with Crippen molar-refractivity contribution in [3.8, 4) is 0 Å². The molecule has 0 unspecified atom stereocenters. The van der Waals surface area contributed by atoms with Gasteiger partial charge in [0.1, 0.15) is 5.52 Å². The van der Waals surface area contributed by atoms with Gasteiger partial charge >= 0.3 is 0 Å². The fourth-order valence-corrected chi connectivity index (χ4v) is 1.46. The molecule has 2 heterocycles. The molecule has 0 radical (unpaired) electrons. The summed E-state index contributed by atoms with van der Waals surface area (Å²) in [6.45, 7) is 0.776. The fraction of sp³-hybridized carbons (Fsp3) is 0.111. The molecule has 0 saturated carbocycles. The second-order valence-corrected chi connectivity index (χ2v) is 2.84. The molecule has 0 bridgehead atoms. The lowest BCUT2D eigenvalue weighted by Crippen LogP contribution is -1.82. The van der Waals surface area contributed by atoms with E-state index in [1.807, 2.05) is 18.3 Å². The fourth-order valence-electron chi connectivity index (χ4n) is 1.46. The van der Waals surface area contributed by atoms with E-state index in [4.69, 9.17) is 4.42 Å². The molecule has 0 amide bonds. The van der Waals surface area contributed by atoms with Crippen LogP contribution >= 0.6 is 0 Å². The van der Waals surface area contributed by atoms with Crippen molar-refractivity contribution in [2.75, 3.05) is 0 Å². The van der Waals surface area contributed by atoms with Gasteiger partial charge in [0.25, 0.3) is 0 Å². The summed E-state index contributed by atoms with van der Waals surface area (Å²) in [5.41, 5.74) is 4.14. The van der Waals surface area contributed by atoms with Crippen LogP contribution in [0, 0.1) is 0 Å². The maximum Gasteiger partial charge on any atom is 0.181 e. The van der Waals surface area contributed by atoms with Crippen molar-refractivity contribution in [1.82, 2.24) is 4.98 Å². The molecule has 1 aliphatic heterocycles. The van der Waals surface area contributed by atoms with Crippen molar-refractivity contribution in [2.45, 2.75) is 6.54 Å². The van der Waals surface area contributed by atoms with E-state index in [0.29, 0.717) is 0 Å². The Hall–Kier alpha value is -1.64. The summed E-state index contributed by atoms with van der Waals surface area (Å²) in [6, 6.07) is 4.01. The standard InChI is InChI=1S/C9H6N2O/c1-6-3-10-4-7(6)2-9-8(1)11-5-12-9/h1-2,4-5H,3H2. The third-order valence-electron chi connectivity index (χ3n) is 2.08. The van der Waals surface area contributed by atoms with Crippen LogP contribution in [0.25, 0.3) is 11.1 Å². The number of hydrogen-bond acceptors (Lipinski definition) is 3. The van der Waals surface area contributed by atoms with Gasteiger partial charge in [0.2, 0.25) is 0 Å². The largest absolute Gasteiger partial charge is 0.443 e. The number of aliphatic imine (C=N–C) groups is 1. The van der Waals surface area contributed by atoms with Gasteiger partial charge in [-0.05, 0) is 17.7 Å². The number of rotatable bonds is 0. The molecular weight excluding hydrogens is 152 g/mol. The summed E-state index contributed by atoms with van der Waals surface area (Å²) in [6.07, 6.45) is 3.34. The van der Waals surface area contributed by atoms with Crippen molar-refractivity contribution in [1.29, 1.82) is 0 Å². The molecule has 12 heavy (non-hydrogen) atoms. The minimum atomic E-state index is 0.776. The molecule has 0 fully saturated rings. The second-order valence-electron chi connectivity index (χ2n) is 2.84. The first-order chi connectivity index (χ1) is 5.93. The van der Waals surface area contributed by atoms with E-state index in [-0.39, 0.29) is 0 Å². The van der Waals surface area contributed by atoms with Crippen molar-refractivity contribution in [2.24, 2.45) is 4.99 Å². The summed E-state index contributed by atoms with van der Waals surface area (Å²) >= 11 is 0. The molecule has 0 spiro atoms. The molecule has 1 aromatic heterocycles. The van der Waals surface area contributed by atoms with Gasteiger partial charge < -0.3 is 4.42 Å². The Morgan fingerprint density at radius 2 is 2.33 bits per heavy atom. The van der Waals surface area contributed by atoms with Crippen LogP contribution in [0.5, 0.6) is 0 Å². The van der Waals surface area contributed by atoms with E-state index in [2.05, 4.69) is 9.98 Å². The van der Waals surface area contributed by atoms with Crippen LogP contribution in [0.1, 0.15) is 11.1 Å². The molecule has 1 aliphatic rings. The molecule has 1 aromatic carbocycles. The minimum absolute atomic E-state index is 0.776. The zero-order chi connectivity index (χ0) is 7.97. The molecule has 0 saturated heterocycles. The van der Waals surface area contributed by atoms with Crippen LogP contribution in [-0.4, -0.2) is 11.2 Å². The first-order valence-corrected chi connectivity index (χ1v) is 3.79. The lowest BCUT2D eigenvalue weighted by molar-refractivity contribution is 0.602. The lowest BCUT2D eigenvalue weighted by atomic mass is 10.1. The van der Waals surface area contributed by atoms with Crippen LogP contribution in [0.3, 0.4) is 0 Å². The zero-order valence-corrected chi connectivity index (χ0v) is 6.32. The highest BCUT2D eigenvalue weighted by Crippen LogP contribution is 2.21. The highest BCUT2D eigenvalue weighted by molar-refractivity contribution is 5.90. The van der Waals surface area contributed by atoms with Gasteiger partial charge in [-0.3, -0.25) is 4.99 Å². The number of hydrogen-bond donors (Lipinski definition) is 0. The predicted molar refractivity (Wildman–Crippen MR) is 45.3 cm³/mol. The zero-order valence-electron chi connectivity index (χ0n) is 6.32. The van der Waals surface area contributed by atoms with Gasteiger partial charge in [-0.25, -0.2) is 4.98 Å². The first kappa shape index (κ1) is 5.94. The SMILES string of the molecule is C1=NCc2cc3ncoc3cc21. The summed E-state index contributed by atoms with van der Waals surface area (Å²) in [4.78, 5) is 8.23. The van der Waals surface area contributed by atoms with Gasteiger partial charge in [0.05, 0.1) is 6.54 Å².